The van der Waals surface area contributed by atoms with Gasteiger partial charge in [0.1, 0.15) is 11.5 Å². The van der Waals surface area contributed by atoms with Gasteiger partial charge >= 0.3 is 0 Å². The molecule has 1 saturated heterocycles. The highest BCUT2D eigenvalue weighted by atomic mass is 16.5. The zero-order valence-corrected chi connectivity index (χ0v) is 17.6. The number of para-hydroxylation sites is 2. The van der Waals surface area contributed by atoms with Crippen LogP contribution in [0.5, 0.6) is 11.5 Å². The molecule has 1 aliphatic rings. The van der Waals surface area contributed by atoms with Gasteiger partial charge in [0.2, 0.25) is 5.91 Å². The third kappa shape index (κ3) is 5.73. The normalized spacial score (nSPS) is 19.2. The van der Waals surface area contributed by atoms with Gasteiger partial charge in [0.15, 0.2) is 0 Å². The van der Waals surface area contributed by atoms with Crippen LogP contribution in [0.15, 0.2) is 54.6 Å². The monoisotopic (exact) mass is 396 g/mol. The van der Waals surface area contributed by atoms with Crippen LogP contribution < -0.4 is 14.8 Å². The number of piperidine rings is 1. The fraction of sp³-hybridized carbons (Fsp3) is 0.458. The second kappa shape index (κ2) is 10.3. The van der Waals surface area contributed by atoms with E-state index in [0.717, 1.165) is 43.0 Å². The van der Waals surface area contributed by atoms with Gasteiger partial charge in [-0.25, -0.2) is 0 Å². The number of methoxy groups -OCH3 is 1. The molecule has 1 fully saturated rings. The van der Waals surface area contributed by atoms with Crippen molar-refractivity contribution in [2.24, 2.45) is 5.92 Å². The summed E-state index contributed by atoms with van der Waals surface area (Å²) in [4.78, 5) is 15.2. The fourth-order valence-corrected chi connectivity index (χ4v) is 3.92. The Labute approximate surface area is 174 Å². The molecule has 5 nitrogen and oxygen atoms in total. The van der Waals surface area contributed by atoms with Crippen molar-refractivity contribution in [2.45, 2.75) is 38.8 Å². The van der Waals surface area contributed by atoms with Crippen molar-refractivity contribution in [1.29, 1.82) is 0 Å². The number of hydrogen-bond acceptors (Lipinski definition) is 4. The average molecular weight is 397 g/mol. The van der Waals surface area contributed by atoms with E-state index in [1.807, 2.05) is 68.4 Å². The number of benzene rings is 2. The van der Waals surface area contributed by atoms with Crippen LogP contribution in [0.25, 0.3) is 0 Å². The van der Waals surface area contributed by atoms with Gasteiger partial charge in [0.05, 0.1) is 25.8 Å². The maximum absolute atomic E-state index is 12.9. The first-order chi connectivity index (χ1) is 14.1. The summed E-state index contributed by atoms with van der Waals surface area (Å²) < 4.78 is 11.4. The molecule has 1 N–H and O–H groups in total. The van der Waals surface area contributed by atoms with E-state index in [1.165, 1.54) is 0 Å². The SMILES string of the molecule is COc1ccccc1C(C)NC(=O)C(C)N1CCCC(COc2ccccc2)C1. The zero-order chi connectivity index (χ0) is 20.6. The molecule has 3 unspecified atom stereocenters. The first kappa shape index (κ1) is 21.2. The molecule has 0 saturated carbocycles. The number of rotatable bonds is 8. The Morgan fingerprint density at radius 3 is 2.62 bits per heavy atom. The number of carbonyl (C=O) groups is 1. The standard InChI is InChI=1S/C24H32N2O3/c1-18(22-13-7-8-14-23(22)28-3)25-24(27)19(2)26-15-9-10-20(16-26)17-29-21-11-5-4-6-12-21/h4-8,11-14,18-20H,9-10,15-17H2,1-3H3,(H,25,27). The molecular weight excluding hydrogens is 364 g/mol. The smallest absolute Gasteiger partial charge is 0.237 e. The lowest BCUT2D eigenvalue weighted by atomic mass is 9.97. The summed E-state index contributed by atoms with van der Waals surface area (Å²) in [7, 11) is 1.65. The molecule has 0 bridgehead atoms. The second-order valence-electron chi connectivity index (χ2n) is 7.78. The molecular formula is C24H32N2O3. The van der Waals surface area contributed by atoms with Crippen LogP contribution in [0.2, 0.25) is 0 Å². The van der Waals surface area contributed by atoms with Crippen molar-refractivity contribution >= 4 is 5.91 Å². The van der Waals surface area contributed by atoms with Crippen molar-refractivity contribution in [3.63, 3.8) is 0 Å². The first-order valence-electron chi connectivity index (χ1n) is 10.4. The Balaban J connectivity index is 1.53. The van der Waals surface area contributed by atoms with Crippen LogP contribution in [0.1, 0.15) is 38.3 Å². The van der Waals surface area contributed by atoms with E-state index in [4.69, 9.17) is 9.47 Å². The van der Waals surface area contributed by atoms with Crippen LogP contribution in [-0.2, 0) is 4.79 Å². The van der Waals surface area contributed by atoms with Crippen molar-refractivity contribution < 1.29 is 14.3 Å². The van der Waals surface area contributed by atoms with Crippen molar-refractivity contribution in [3.8, 4) is 11.5 Å². The topological polar surface area (TPSA) is 50.8 Å². The molecule has 29 heavy (non-hydrogen) atoms. The highest BCUT2D eigenvalue weighted by molar-refractivity contribution is 5.81. The molecule has 0 aliphatic carbocycles. The average Bonchev–Trinajstić information content (AvgIpc) is 2.78. The molecule has 2 aromatic rings. The third-order valence-corrected chi connectivity index (χ3v) is 5.67. The van der Waals surface area contributed by atoms with Gasteiger partial charge in [-0.3, -0.25) is 9.69 Å². The first-order valence-corrected chi connectivity index (χ1v) is 10.4. The molecule has 156 valence electrons. The van der Waals surface area contributed by atoms with E-state index in [9.17, 15) is 4.79 Å². The Morgan fingerprint density at radius 1 is 1.14 bits per heavy atom. The quantitative estimate of drug-likeness (QED) is 0.731. The van der Waals surface area contributed by atoms with Gasteiger partial charge in [-0.05, 0) is 51.4 Å². The van der Waals surface area contributed by atoms with Gasteiger partial charge in [-0.1, -0.05) is 36.4 Å². The lowest BCUT2D eigenvalue weighted by Gasteiger charge is -2.36. The van der Waals surface area contributed by atoms with Gasteiger partial charge in [0.25, 0.3) is 0 Å². The number of nitrogens with zero attached hydrogens (tertiary/aromatic N) is 1. The Hall–Kier alpha value is -2.53. The number of likely N-dealkylation sites (tertiary alicyclic amines) is 1. The largest absolute Gasteiger partial charge is 0.496 e. The van der Waals surface area contributed by atoms with Crippen LogP contribution in [0.3, 0.4) is 0 Å². The van der Waals surface area contributed by atoms with Crippen molar-refractivity contribution in [2.75, 3.05) is 26.8 Å². The molecule has 2 aromatic carbocycles. The number of carbonyl (C=O) groups excluding carboxylic acids is 1. The fourth-order valence-electron chi connectivity index (χ4n) is 3.92. The summed E-state index contributed by atoms with van der Waals surface area (Å²) in [6.07, 6.45) is 2.22. The van der Waals surface area contributed by atoms with Gasteiger partial charge in [-0.15, -0.1) is 0 Å². The molecule has 3 rings (SSSR count). The van der Waals surface area contributed by atoms with E-state index in [2.05, 4.69) is 10.2 Å². The molecule has 0 aromatic heterocycles. The zero-order valence-electron chi connectivity index (χ0n) is 17.6. The Kier molecular flexibility index (Phi) is 7.53. The van der Waals surface area contributed by atoms with Crippen molar-refractivity contribution in [1.82, 2.24) is 10.2 Å². The lowest BCUT2D eigenvalue weighted by molar-refractivity contribution is -0.127. The third-order valence-electron chi connectivity index (χ3n) is 5.67. The predicted molar refractivity (Wildman–Crippen MR) is 115 cm³/mol. The number of hydrogen-bond donors (Lipinski definition) is 1. The predicted octanol–water partition coefficient (Wildman–Crippen LogP) is 4.05. The van der Waals surface area contributed by atoms with E-state index < -0.39 is 0 Å². The summed E-state index contributed by atoms with van der Waals surface area (Å²) in [5.41, 5.74) is 0.989. The van der Waals surface area contributed by atoms with Gasteiger partial charge in [0, 0.05) is 18.0 Å². The minimum atomic E-state index is -0.174. The number of amides is 1. The summed E-state index contributed by atoms with van der Waals surface area (Å²) >= 11 is 0. The van der Waals surface area contributed by atoms with E-state index >= 15 is 0 Å². The van der Waals surface area contributed by atoms with E-state index in [0.29, 0.717) is 12.5 Å². The summed E-state index contributed by atoms with van der Waals surface area (Å²) in [6.45, 7) is 6.50. The van der Waals surface area contributed by atoms with Crippen LogP contribution in [0.4, 0.5) is 0 Å². The molecule has 1 heterocycles. The maximum atomic E-state index is 12.9. The van der Waals surface area contributed by atoms with E-state index in [1.54, 1.807) is 7.11 Å². The molecule has 1 amide bonds. The summed E-state index contributed by atoms with van der Waals surface area (Å²) in [6, 6.07) is 17.4. The Morgan fingerprint density at radius 2 is 1.86 bits per heavy atom. The van der Waals surface area contributed by atoms with Crippen LogP contribution in [-0.4, -0.2) is 43.7 Å². The highest BCUT2D eigenvalue weighted by Gasteiger charge is 2.28. The van der Waals surface area contributed by atoms with Gasteiger partial charge < -0.3 is 14.8 Å². The van der Waals surface area contributed by atoms with Crippen LogP contribution >= 0.6 is 0 Å². The summed E-state index contributed by atoms with van der Waals surface area (Å²) in [5.74, 6) is 2.18. The van der Waals surface area contributed by atoms with Crippen molar-refractivity contribution in [3.05, 3.63) is 60.2 Å². The van der Waals surface area contributed by atoms with Gasteiger partial charge in [-0.2, -0.15) is 0 Å². The minimum Gasteiger partial charge on any atom is -0.496 e. The lowest BCUT2D eigenvalue weighted by Crippen LogP contribution is -2.50. The Bertz CT molecular complexity index is 781. The molecule has 3 atom stereocenters. The van der Waals surface area contributed by atoms with E-state index in [-0.39, 0.29) is 18.0 Å². The second-order valence-corrected chi connectivity index (χ2v) is 7.78. The molecule has 1 aliphatic heterocycles. The highest BCUT2D eigenvalue weighted by Crippen LogP contribution is 2.25. The number of ether oxygens (including phenoxy) is 2. The molecule has 5 heteroatoms. The maximum Gasteiger partial charge on any atom is 0.237 e. The number of nitrogens with one attached hydrogen (secondary N) is 1. The minimum absolute atomic E-state index is 0.0491. The van der Waals surface area contributed by atoms with Crippen LogP contribution in [0, 0.1) is 5.92 Å². The molecule has 0 radical (unpaired) electrons. The molecule has 0 spiro atoms. The summed E-state index contributed by atoms with van der Waals surface area (Å²) in [5, 5.41) is 3.15.